The number of aliphatic carboxylic acids is 1. The summed E-state index contributed by atoms with van der Waals surface area (Å²) in [5.41, 5.74) is 0. The number of urea groups is 1. The van der Waals surface area contributed by atoms with Crippen LogP contribution in [-0.4, -0.2) is 41.1 Å². The maximum atomic E-state index is 12.3. The van der Waals surface area contributed by atoms with E-state index in [9.17, 15) is 14.7 Å². The predicted octanol–water partition coefficient (Wildman–Crippen LogP) is 3.20. The van der Waals surface area contributed by atoms with E-state index in [0.717, 1.165) is 12.8 Å². The van der Waals surface area contributed by atoms with Crippen LogP contribution in [0.2, 0.25) is 0 Å². The molecule has 0 bridgehead atoms. The molecule has 0 aromatic rings. The normalized spacial score (nSPS) is 12.8. The molecule has 21 heavy (non-hydrogen) atoms. The monoisotopic (exact) mass is 300 g/mol. The average Bonchev–Trinajstić information content (AvgIpc) is 2.34. The van der Waals surface area contributed by atoms with Crippen LogP contribution in [0.1, 0.15) is 54.4 Å². The first-order valence-electron chi connectivity index (χ1n) is 7.93. The molecule has 1 atom stereocenters. The predicted molar refractivity (Wildman–Crippen MR) is 85.3 cm³/mol. The van der Waals surface area contributed by atoms with Crippen molar-refractivity contribution in [3.05, 3.63) is 0 Å². The van der Waals surface area contributed by atoms with Crippen LogP contribution in [-0.2, 0) is 4.79 Å². The summed E-state index contributed by atoms with van der Waals surface area (Å²) in [7, 11) is 0. The van der Waals surface area contributed by atoms with Gasteiger partial charge in [0, 0.05) is 13.1 Å². The van der Waals surface area contributed by atoms with Crippen LogP contribution in [0.25, 0.3) is 0 Å². The van der Waals surface area contributed by atoms with Gasteiger partial charge in [-0.3, -0.25) is 0 Å². The maximum absolute atomic E-state index is 12.3. The number of amides is 2. The number of rotatable bonds is 9. The first-order valence-corrected chi connectivity index (χ1v) is 7.93. The zero-order valence-corrected chi connectivity index (χ0v) is 14.3. The topological polar surface area (TPSA) is 69.6 Å². The van der Waals surface area contributed by atoms with E-state index in [1.807, 2.05) is 0 Å². The highest BCUT2D eigenvalue weighted by molar-refractivity contribution is 5.82. The number of hydrogen-bond acceptors (Lipinski definition) is 2. The van der Waals surface area contributed by atoms with Gasteiger partial charge in [0.1, 0.15) is 6.04 Å². The van der Waals surface area contributed by atoms with Crippen molar-refractivity contribution < 1.29 is 14.7 Å². The van der Waals surface area contributed by atoms with E-state index < -0.39 is 12.0 Å². The van der Waals surface area contributed by atoms with Gasteiger partial charge in [0.15, 0.2) is 0 Å². The van der Waals surface area contributed by atoms with E-state index in [-0.39, 0.29) is 11.9 Å². The lowest BCUT2D eigenvalue weighted by molar-refractivity contribution is -0.140. The highest BCUT2D eigenvalue weighted by atomic mass is 16.4. The lowest BCUT2D eigenvalue weighted by Gasteiger charge is -2.27. The molecular formula is C16H32N2O3. The van der Waals surface area contributed by atoms with Crippen LogP contribution in [0.5, 0.6) is 0 Å². The molecule has 0 unspecified atom stereocenters. The van der Waals surface area contributed by atoms with Crippen molar-refractivity contribution in [2.75, 3.05) is 13.1 Å². The number of nitrogens with zero attached hydrogens (tertiary/aromatic N) is 1. The van der Waals surface area contributed by atoms with Crippen LogP contribution < -0.4 is 5.32 Å². The molecule has 0 radical (unpaired) electrons. The van der Waals surface area contributed by atoms with Crippen molar-refractivity contribution in [3.8, 4) is 0 Å². The van der Waals surface area contributed by atoms with E-state index >= 15 is 0 Å². The zero-order valence-electron chi connectivity index (χ0n) is 14.3. The third-order valence-electron chi connectivity index (χ3n) is 3.45. The Labute approximate surface area is 129 Å². The Morgan fingerprint density at radius 3 is 1.67 bits per heavy atom. The standard InChI is InChI=1S/C16H32N2O3/c1-11(2)7-9-18(10-8-12(3)4)16(21)17-14(13(5)6)15(19)20/h11-14H,7-10H2,1-6H3,(H,17,21)(H,19,20)/t14-/m1/s1. The molecule has 2 amide bonds. The molecule has 0 aliphatic rings. The fourth-order valence-corrected chi connectivity index (χ4v) is 1.88. The van der Waals surface area contributed by atoms with Gasteiger partial charge in [-0.15, -0.1) is 0 Å². The van der Waals surface area contributed by atoms with Crippen LogP contribution >= 0.6 is 0 Å². The third kappa shape index (κ3) is 8.58. The minimum Gasteiger partial charge on any atom is -0.480 e. The van der Waals surface area contributed by atoms with Gasteiger partial charge in [-0.1, -0.05) is 41.5 Å². The highest BCUT2D eigenvalue weighted by Gasteiger charge is 2.25. The molecule has 2 N–H and O–H groups in total. The van der Waals surface area contributed by atoms with Gasteiger partial charge in [0.25, 0.3) is 0 Å². The lowest BCUT2D eigenvalue weighted by atomic mass is 10.1. The molecule has 5 heteroatoms. The van der Waals surface area contributed by atoms with Crippen LogP contribution in [0, 0.1) is 17.8 Å². The van der Waals surface area contributed by atoms with Crippen LogP contribution in [0.3, 0.4) is 0 Å². The Morgan fingerprint density at radius 2 is 1.38 bits per heavy atom. The number of carbonyl (C=O) groups excluding carboxylic acids is 1. The van der Waals surface area contributed by atoms with Crippen molar-refractivity contribution in [3.63, 3.8) is 0 Å². The Balaban J connectivity index is 4.70. The second kappa shape index (κ2) is 9.64. The highest BCUT2D eigenvalue weighted by Crippen LogP contribution is 2.09. The minimum absolute atomic E-state index is 0.136. The molecule has 0 aromatic heterocycles. The quantitative estimate of drug-likeness (QED) is 0.687. The number of carboxylic acids is 1. The first-order chi connectivity index (χ1) is 9.65. The molecule has 0 saturated heterocycles. The van der Waals surface area contributed by atoms with E-state index in [4.69, 9.17) is 0 Å². The van der Waals surface area contributed by atoms with Crippen molar-refractivity contribution in [1.29, 1.82) is 0 Å². The second-order valence-corrected chi connectivity index (χ2v) is 6.86. The number of nitrogens with one attached hydrogen (secondary N) is 1. The minimum atomic E-state index is -0.981. The van der Waals surface area contributed by atoms with Crippen molar-refractivity contribution >= 4 is 12.0 Å². The molecule has 0 aliphatic carbocycles. The third-order valence-corrected chi connectivity index (χ3v) is 3.45. The Kier molecular flexibility index (Phi) is 9.06. The fourth-order valence-electron chi connectivity index (χ4n) is 1.88. The summed E-state index contributed by atoms with van der Waals surface area (Å²) in [6.45, 7) is 13.4. The second-order valence-electron chi connectivity index (χ2n) is 6.86. The summed E-state index contributed by atoms with van der Waals surface area (Å²) in [6.07, 6.45) is 1.84. The van der Waals surface area contributed by atoms with Gasteiger partial charge in [-0.05, 0) is 30.6 Å². The molecular weight excluding hydrogens is 268 g/mol. The van der Waals surface area contributed by atoms with Gasteiger partial charge < -0.3 is 15.3 Å². The van der Waals surface area contributed by atoms with E-state index in [0.29, 0.717) is 24.9 Å². The first kappa shape index (κ1) is 19.7. The largest absolute Gasteiger partial charge is 0.480 e. The smallest absolute Gasteiger partial charge is 0.326 e. The number of hydrogen-bond donors (Lipinski definition) is 2. The molecule has 0 heterocycles. The van der Waals surface area contributed by atoms with Gasteiger partial charge >= 0.3 is 12.0 Å². The van der Waals surface area contributed by atoms with E-state index in [2.05, 4.69) is 33.0 Å². The lowest BCUT2D eigenvalue weighted by Crippen LogP contribution is -2.50. The molecule has 0 fully saturated rings. The molecule has 124 valence electrons. The van der Waals surface area contributed by atoms with Crippen LogP contribution in [0.15, 0.2) is 0 Å². The summed E-state index contributed by atoms with van der Waals surface area (Å²) < 4.78 is 0. The van der Waals surface area contributed by atoms with E-state index in [1.54, 1.807) is 18.7 Å². The maximum Gasteiger partial charge on any atom is 0.326 e. The molecule has 0 aliphatic heterocycles. The van der Waals surface area contributed by atoms with Crippen LogP contribution in [0.4, 0.5) is 4.79 Å². The summed E-state index contributed by atoms with van der Waals surface area (Å²) in [6, 6.07) is -1.10. The average molecular weight is 300 g/mol. The zero-order chi connectivity index (χ0) is 16.6. The molecule has 0 saturated carbocycles. The summed E-state index contributed by atoms with van der Waals surface area (Å²) >= 11 is 0. The number of carbonyl (C=O) groups is 2. The molecule has 0 aromatic carbocycles. The van der Waals surface area contributed by atoms with Crippen molar-refractivity contribution in [1.82, 2.24) is 10.2 Å². The Hall–Kier alpha value is -1.26. The van der Waals surface area contributed by atoms with Crippen molar-refractivity contribution in [2.45, 2.75) is 60.4 Å². The summed E-state index contributed by atoms with van der Waals surface area (Å²) in [5, 5.41) is 11.8. The molecule has 0 rings (SSSR count). The Morgan fingerprint density at radius 1 is 0.952 bits per heavy atom. The van der Waals surface area contributed by atoms with Gasteiger partial charge in [-0.25, -0.2) is 9.59 Å². The molecule has 0 spiro atoms. The molecule has 5 nitrogen and oxygen atoms in total. The van der Waals surface area contributed by atoms with Gasteiger partial charge in [0.2, 0.25) is 0 Å². The van der Waals surface area contributed by atoms with E-state index in [1.165, 1.54) is 0 Å². The fraction of sp³-hybridized carbons (Fsp3) is 0.875. The Bertz CT molecular complexity index is 315. The van der Waals surface area contributed by atoms with Crippen molar-refractivity contribution in [2.24, 2.45) is 17.8 Å². The summed E-state index contributed by atoms with van der Waals surface area (Å²) in [5.74, 6) is -0.0889. The summed E-state index contributed by atoms with van der Waals surface area (Å²) in [4.78, 5) is 25.3. The number of carboxylic acid groups (broad SMARTS) is 1. The SMILES string of the molecule is CC(C)CCN(CCC(C)C)C(=O)N[C@@H](C(=O)O)C(C)C. The van der Waals surface area contributed by atoms with Gasteiger partial charge in [-0.2, -0.15) is 0 Å². The van der Waals surface area contributed by atoms with Gasteiger partial charge in [0.05, 0.1) is 0 Å².